The fraction of sp³-hybridized carbons (Fsp3) is 0.250. The van der Waals surface area contributed by atoms with Crippen molar-refractivity contribution < 1.29 is 30.0 Å². The van der Waals surface area contributed by atoms with Gasteiger partial charge in [0.05, 0.1) is 21.0 Å². The maximum atomic E-state index is 13.3. The van der Waals surface area contributed by atoms with Gasteiger partial charge in [-0.2, -0.15) is 13.2 Å². The summed E-state index contributed by atoms with van der Waals surface area (Å²) >= 11 is 0. The SMILES string of the molecule is CC1Cc2cc(S(N)(=O)=O)ccc2N1S(=O)(=O)c1ccccc1C(F)(F)F. The average molecular weight is 420 g/mol. The van der Waals surface area contributed by atoms with Gasteiger partial charge in [0.15, 0.2) is 0 Å². The van der Waals surface area contributed by atoms with Crippen molar-refractivity contribution in [3.63, 3.8) is 0 Å². The molecule has 0 aliphatic carbocycles. The maximum Gasteiger partial charge on any atom is 0.417 e. The van der Waals surface area contributed by atoms with Crippen LogP contribution in [0.5, 0.6) is 0 Å². The summed E-state index contributed by atoms with van der Waals surface area (Å²) < 4.78 is 89.8. The highest BCUT2D eigenvalue weighted by molar-refractivity contribution is 7.93. The number of sulfonamides is 2. The van der Waals surface area contributed by atoms with Gasteiger partial charge in [-0.15, -0.1) is 0 Å². The van der Waals surface area contributed by atoms with E-state index in [1.54, 1.807) is 0 Å². The average Bonchev–Trinajstić information content (AvgIpc) is 2.88. The summed E-state index contributed by atoms with van der Waals surface area (Å²) in [6.45, 7) is 1.53. The Morgan fingerprint density at radius 3 is 2.30 bits per heavy atom. The molecule has 0 aromatic heterocycles. The van der Waals surface area contributed by atoms with Gasteiger partial charge < -0.3 is 0 Å². The van der Waals surface area contributed by atoms with Crippen molar-refractivity contribution in [1.29, 1.82) is 0 Å². The summed E-state index contributed by atoms with van der Waals surface area (Å²) in [6.07, 6.45) is -4.70. The minimum absolute atomic E-state index is 0.131. The molecule has 0 radical (unpaired) electrons. The van der Waals surface area contributed by atoms with Crippen molar-refractivity contribution in [2.45, 2.75) is 35.4 Å². The number of fused-ring (bicyclic) bond motifs is 1. The molecule has 0 bridgehead atoms. The molecule has 1 atom stereocenters. The Balaban J connectivity index is 2.17. The number of halogens is 3. The Kier molecular flexibility index (Phi) is 4.52. The van der Waals surface area contributed by atoms with Crippen LogP contribution < -0.4 is 9.44 Å². The summed E-state index contributed by atoms with van der Waals surface area (Å²) in [6, 6.07) is 6.86. The molecule has 2 N–H and O–H groups in total. The van der Waals surface area contributed by atoms with Crippen LogP contribution in [-0.2, 0) is 32.6 Å². The zero-order chi connectivity index (χ0) is 20.2. The van der Waals surface area contributed by atoms with Crippen LogP contribution in [0.4, 0.5) is 18.9 Å². The van der Waals surface area contributed by atoms with E-state index in [4.69, 9.17) is 5.14 Å². The third kappa shape index (κ3) is 3.42. The number of benzene rings is 2. The summed E-state index contributed by atoms with van der Waals surface area (Å²) in [7, 11) is -8.52. The molecule has 6 nitrogen and oxygen atoms in total. The van der Waals surface area contributed by atoms with Crippen LogP contribution in [0.2, 0.25) is 0 Å². The van der Waals surface area contributed by atoms with Gasteiger partial charge in [0.2, 0.25) is 10.0 Å². The fourth-order valence-corrected chi connectivity index (χ4v) is 5.63. The number of nitrogens with zero attached hydrogens (tertiary/aromatic N) is 1. The lowest BCUT2D eigenvalue weighted by Crippen LogP contribution is -2.36. The molecule has 1 unspecified atom stereocenters. The van der Waals surface area contributed by atoms with Crippen molar-refractivity contribution in [1.82, 2.24) is 0 Å². The first-order chi connectivity index (χ1) is 12.3. The van der Waals surface area contributed by atoms with E-state index in [0.29, 0.717) is 11.6 Å². The van der Waals surface area contributed by atoms with Crippen molar-refractivity contribution >= 4 is 25.7 Å². The monoisotopic (exact) mass is 420 g/mol. The minimum atomic E-state index is -4.84. The zero-order valence-electron chi connectivity index (χ0n) is 13.9. The molecule has 0 spiro atoms. The standard InChI is InChI=1S/C16H15F3N2O4S2/c1-10-8-11-9-12(26(20,22)23)6-7-14(11)21(10)27(24,25)15-5-3-2-4-13(15)16(17,18)19/h2-7,9-10H,8H2,1H3,(H2,20,22,23). The molecular weight excluding hydrogens is 405 g/mol. The molecule has 11 heteroatoms. The second-order valence-corrected chi connectivity index (χ2v) is 9.53. The van der Waals surface area contributed by atoms with E-state index in [1.807, 2.05) is 0 Å². The van der Waals surface area contributed by atoms with Gasteiger partial charge in [-0.3, -0.25) is 4.31 Å². The van der Waals surface area contributed by atoms with Crippen molar-refractivity contribution in [2.75, 3.05) is 4.31 Å². The normalized spacial score (nSPS) is 17.8. The predicted molar refractivity (Wildman–Crippen MR) is 92.1 cm³/mol. The largest absolute Gasteiger partial charge is 0.417 e. The van der Waals surface area contributed by atoms with Gasteiger partial charge in [0.25, 0.3) is 10.0 Å². The van der Waals surface area contributed by atoms with Crippen LogP contribution in [-0.4, -0.2) is 22.9 Å². The van der Waals surface area contributed by atoms with Crippen LogP contribution in [0, 0.1) is 0 Å². The molecule has 0 amide bonds. The number of alkyl halides is 3. The number of nitrogens with two attached hydrogens (primary N) is 1. The Hall–Kier alpha value is -2.11. The van der Waals surface area contributed by atoms with Gasteiger partial charge in [0.1, 0.15) is 0 Å². The van der Waals surface area contributed by atoms with E-state index in [-0.39, 0.29) is 17.0 Å². The second-order valence-electron chi connectivity index (χ2n) is 6.18. The van der Waals surface area contributed by atoms with Crippen LogP contribution in [0.1, 0.15) is 18.1 Å². The van der Waals surface area contributed by atoms with E-state index >= 15 is 0 Å². The second kappa shape index (κ2) is 6.21. The molecule has 1 aliphatic rings. The molecule has 3 rings (SSSR count). The number of primary sulfonamides is 1. The van der Waals surface area contributed by atoms with Crippen molar-refractivity contribution in [2.24, 2.45) is 5.14 Å². The molecule has 0 saturated carbocycles. The highest BCUT2D eigenvalue weighted by atomic mass is 32.2. The van der Waals surface area contributed by atoms with E-state index in [1.165, 1.54) is 25.1 Å². The lowest BCUT2D eigenvalue weighted by Gasteiger charge is -2.26. The topological polar surface area (TPSA) is 97.5 Å². The molecule has 146 valence electrons. The number of hydrogen-bond acceptors (Lipinski definition) is 4. The molecule has 1 heterocycles. The van der Waals surface area contributed by atoms with Gasteiger partial charge in [0, 0.05) is 6.04 Å². The minimum Gasteiger partial charge on any atom is -0.263 e. The highest BCUT2D eigenvalue weighted by Gasteiger charge is 2.42. The van der Waals surface area contributed by atoms with Crippen LogP contribution in [0.15, 0.2) is 52.3 Å². The summed E-state index contributed by atoms with van der Waals surface area (Å²) in [5.74, 6) is 0. The van der Waals surface area contributed by atoms with Crippen molar-refractivity contribution in [3.05, 3.63) is 53.6 Å². The third-order valence-corrected chi connectivity index (χ3v) is 7.16. The number of hydrogen-bond donors (Lipinski definition) is 1. The lowest BCUT2D eigenvalue weighted by molar-refractivity contribution is -0.139. The first kappa shape index (κ1) is 19.6. The molecule has 0 fully saturated rings. The van der Waals surface area contributed by atoms with Crippen LogP contribution >= 0.6 is 0 Å². The fourth-order valence-electron chi connectivity index (χ4n) is 3.15. The first-order valence-electron chi connectivity index (χ1n) is 7.70. The first-order valence-corrected chi connectivity index (χ1v) is 10.7. The molecule has 0 saturated heterocycles. The van der Waals surface area contributed by atoms with E-state index < -0.39 is 42.7 Å². The third-order valence-electron chi connectivity index (χ3n) is 4.26. The molecule has 2 aromatic carbocycles. The van der Waals surface area contributed by atoms with Gasteiger partial charge in [-0.05, 0) is 49.2 Å². The lowest BCUT2D eigenvalue weighted by atomic mass is 10.1. The predicted octanol–water partition coefficient (Wildman–Crippen LogP) is 2.49. The van der Waals surface area contributed by atoms with Gasteiger partial charge >= 0.3 is 6.18 Å². The van der Waals surface area contributed by atoms with E-state index in [2.05, 4.69) is 0 Å². The quantitative estimate of drug-likeness (QED) is 0.825. The molecular formula is C16H15F3N2O4S2. The van der Waals surface area contributed by atoms with Crippen molar-refractivity contribution in [3.8, 4) is 0 Å². The summed E-state index contributed by atoms with van der Waals surface area (Å²) in [5.41, 5.74) is -0.749. The Morgan fingerprint density at radius 2 is 1.70 bits per heavy atom. The van der Waals surface area contributed by atoms with Gasteiger partial charge in [-0.25, -0.2) is 22.0 Å². The molecule has 27 heavy (non-hydrogen) atoms. The van der Waals surface area contributed by atoms with E-state index in [9.17, 15) is 30.0 Å². The number of anilines is 1. The summed E-state index contributed by atoms with van der Waals surface area (Å²) in [4.78, 5) is -1.05. The Morgan fingerprint density at radius 1 is 1.07 bits per heavy atom. The zero-order valence-corrected chi connectivity index (χ0v) is 15.6. The Labute approximate surface area is 154 Å². The smallest absolute Gasteiger partial charge is 0.263 e. The molecule has 1 aliphatic heterocycles. The summed E-state index contributed by atoms with van der Waals surface area (Å²) in [5, 5.41) is 5.08. The maximum absolute atomic E-state index is 13.3. The number of rotatable bonds is 3. The van der Waals surface area contributed by atoms with Crippen LogP contribution in [0.25, 0.3) is 0 Å². The molecule has 2 aromatic rings. The Bertz CT molecular complexity index is 1110. The van der Waals surface area contributed by atoms with Crippen LogP contribution in [0.3, 0.4) is 0 Å². The highest BCUT2D eigenvalue weighted by Crippen LogP contribution is 2.41. The van der Waals surface area contributed by atoms with Gasteiger partial charge in [-0.1, -0.05) is 12.1 Å². The van der Waals surface area contributed by atoms with E-state index in [0.717, 1.165) is 22.5 Å².